The van der Waals surface area contributed by atoms with Crippen molar-refractivity contribution in [2.24, 2.45) is 16.3 Å². The highest BCUT2D eigenvalue weighted by Crippen LogP contribution is 2.50. The number of hydrogen-bond donors (Lipinski definition) is 0. The van der Waals surface area contributed by atoms with Gasteiger partial charge in [0.15, 0.2) is 0 Å². The monoisotopic (exact) mass is 379 g/mol. The lowest BCUT2D eigenvalue weighted by atomic mass is 9.64. The van der Waals surface area contributed by atoms with Crippen LogP contribution in [-0.4, -0.2) is 60.9 Å². The third-order valence-corrected chi connectivity index (χ3v) is 5.98. The zero-order chi connectivity index (χ0) is 20.4. The minimum Gasteiger partial charge on any atom is -0.450 e. The number of allylic oxidation sites excluding steroid dienone is 1. The fourth-order valence-electron chi connectivity index (χ4n) is 4.00. The third-order valence-electron chi connectivity index (χ3n) is 5.98. The van der Waals surface area contributed by atoms with E-state index < -0.39 is 0 Å². The van der Waals surface area contributed by atoms with Gasteiger partial charge in [0, 0.05) is 31.0 Å². The summed E-state index contributed by atoms with van der Waals surface area (Å²) in [5.41, 5.74) is 1.55. The van der Waals surface area contributed by atoms with Gasteiger partial charge in [0.1, 0.15) is 0 Å². The van der Waals surface area contributed by atoms with Crippen molar-refractivity contribution < 1.29 is 9.53 Å². The van der Waals surface area contributed by atoms with Gasteiger partial charge in [0.25, 0.3) is 0 Å². The van der Waals surface area contributed by atoms with E-state index in [1.165, 1.54) is 18.6 Å². The maximum absolute atomic E-state index is 11.9. The summed E-state index contributed by atoms with van der Waals surface area (Å²) in [6.45, 7) is 15.5. The number of ether oxygens (including phenoxy) is 1. The highest BCUT2D eigenvalue weighted by molar-refractivity contribution is 5.84. The van der Waals surface area contributed by atoms with Crippen LogP contribution in [0.15, 0.2) is 17.3 Å². The standard InChI is InChI=1S/C20H35N3O2.C2H6/c1-6-10-21-17(4)16(3)8-11-22(5)18-13-20(14-18)9-12-23(15-20)19(24)25-7-2;1-2/h6,10,16,18H,7-9,11-15H2,1-5H3;1-2H3/b10-6-,21-17?;. The van der Waals surface area contributed by atoms with E-state index in [2.05, 4.69) is 30.8 Å². The molecule has 1 spiro atoms. The molecule has 156 valence electrons. The van der Waals surface area contributed by atoms with Crippen LogP contribution >= 0.6 is 0 Å². The lowest BCUT2D eigenvalue weighted by Crippen LogP contribution is -2.51. The predicted octanol–water partition coefficient (Wildman–Crippen LogP) is 4.98. The molecule has 1 atom stereocenters. The molecule has 1 amide bonds. The van der Waals surface area contributed by atoms with Crippen LogP contribution in [0.2, 0.25) is 0 Å². The first-order valence-electron chi connectivity index (χ1n) is 10.7. The number of rotatable bonds is 7. The molecule has 1 saturated heterocycles. The second-order valence-electron chi connectivity index (χ2n) is 7.86. The Balaban J connectivity index is 0.00000176. The Morgan fingerprint density at radius 2 is 2.07 bits per heavy atom. The van der Waals surface area contributed by atoms with E-state index in [1.807, 2.05) is 44.9 Å². The smallest absolute Gasteiger partial charge is 0.409 e. The minimum absolute atomic E-state index is 0.138. The molecule has 2 fully saturated rings. The molecular formula is C22H41N3O2. The predicted molar refractivity (Wildman–Crippen MR) is 114 cm³/mol. The number of nitrogens with zero attached hydrogens (tertiary/aromatic N) is 3. The Hall–Kier alpha value is -1.36. The summed E-state index contributed by atoms with van der Waals surface area (Å²) in [5, 5.41) is 0. The summed E-state index contributed by atoms with van der Waals surface area (Å²) in [4.78, 5) is 20.7. The van der Waals surface area contributed by atoms with Crippen LogP contribution < -0.4 is 0 Å². The van der Waals surface area contributed by atoms with Crippen LogP contribution in [0, 0.1) is 11.3 Å². The Kier molecular flexibility index (Phi) is 10.1. The van der Waals surface area contributed by atoms with Gasteiger partial charge in [-0.15, -0.1) is 0 Å². The number of carbonyl (C=O) groups excluding carboxylic acids is 1. The molecule has 5 heteroatoms. The number of hydrogen-bond acceptors (Lipinski definition) is 4. The van der Waals surface area contributed by atoms with Crippen molar-refractivity contribution in [3.05, 3.63) is 12.3 Å². The summed E-state index contributed by atoms with van der Waals surface area (Å²) in [6.07, 6.45) is 8.39. The summed E-state index contributed by atoms with van der Waals surface area (Å²) in [6, 6.07) is 0.655. The number of aliphatic imine (C=N–C) groups is 1. The average Bonchev–Trinajstić information content (AvgIpc) is 3.10. The molecule has 0 radical (unpaired) electrons. The van der Waals surface area contributed by atoms with Gasteiger partial charge in [0.2, 0.25) is 0 Å². The molecule has 5 nitrogen and oxygen atoms in total. The van der Waals surface area contributed by atoms with Gasteiger partial charge < -0.3 is 14.5 Å². The first-order chi connectivity index (χ1) is 12.9. The quantitative estimate of drug-likeness (QED) is 0.586. The molecule has 0 aromatic rings. The first kappa shape index (κ1) is 23.7. The van der Waals surface area contributed by atoms with Crippen LogP contribution in [0.25, 0.3) is 0 Å². The molecule has 0 N–H and O–H groups in total. The molecule has 2 aliphatic rings. The zero-order valence-corrected chi connectivity index (χ0v) is 18.6. The van der Waals surface area contributed by atoms with E-state index in [-0.39, 0.29) is 6.09 Å². The summed E-state index contributed by atoms with van der Waals surface area (Å²) < 4.78 is 5.14. The van der Waals surface area contributed by atoms with Crippen LogP contribution in [-0.2, 0) is 4.74 Å². The van der Waals surface area contributed by atoms with Crippen molar-refractivity contribution in [3.8, 4) is 0 Å². The maximum Gasteiger partial charge on any atom is 0.409 e. The lowest BCUT2D eigenvalue weighted by molar-refractivity contribution is 0.0181. The Morgan fingerprint density at radius 1 is 1.41 bits per heavy atom. The van der Waals surface area contributed by atoms with Crippen LogP contribution in [0.1, 0.15) is 67.2 Å². The number of amides is 1. The summed E-state index contributed by atoms with van der Waals surface area (Å²) in [5.74, 6) is 0.512. The van der Waals surface area contributed by atoms with Gasteiger partial charge in [-0.1, -0.05) is 26.8 Å². The van der Waals surface area contributed by atoms with Gasteiger partial charge in [0.05, 0.1) is 6.61 Å². The van der Waals surface area contributed by atoms with E-state index in [9.17, 15) is 4.79 Å². The van der Waals surface area contributed by atoms with Gasteiger partial charge in [-0.05, 0) is 71.4 Å². The molecule has 0 bridgehead atoms. The van der Waals surface area contributed by atoms with E-state index >= 15 is 0 Å². The largest absolute Gasteiger partial charge is 0.450 e. The van der Waals surface area contributed by atoms with Crippen molar-refractivity contribution in [1.29, 1.82) is 0 Å². The highest BCUT2D eigenvalue weighted by Gasteiger charge is 2.50. The molecular weight excluding hydrogens is 338 g/mol. The second kappa shape index (κ2) is 11.5. The van der Waals surface area contributed by atoms with Crippen LogP contribution in [0.4, 0.5) is 4.79 Å². The second-order valence-corrected chi connectivity index (χ2v) is 7.86. The van der Waals surface area contributed by atoms with E-state index in [0.29, 0.717) is 24.0 Å². The molecule has 1 saturated carbocycles. The summed E-state index contributed by atoms with van der Waals surface area (Å²) in [7, 11) is 2.24. The number of carbonyl (C=O) groups is 1. The van der Waals surface area contributed by atoms with Crippen molar-refractivity contribution in [2.75, 3.05) is 33.3 Å². The minimum atomic E-state index is -0.138. The Labute approximate surface area is 166 Å². The fraction of sp³-hybridized carbons (Fsp3) is 0.818. The third kappa shape index (κ3) is 6.63. The Bertz CT molecular complexity index is 510. The lowest BCUT2D eigenvalue weighted by Gasteiger charge is -2.49. The van der Waals surface area contributed by atoms with Gasteiger partial charge >= 0.3 is 6.09 Å². The normalized spacial score (nSPS) is 26.1. The molecule has 27 heavy (non-hydrogen) atoms. The van der Waals surface area contributed by atoms with Crippen molar-refractivity contribution in [1.82, 2.24) is 9.80 Å². The zero-order valence-electron chi connectivity index (χ0n) is 18.6. The van der Waals surface area contributed by atoms with Gasteiger partial charge in [-0.2, -0.15) is 0 Å². The molecule has 0 aromatic carbocycles. The molecule has 2 rings (SSSR count). The fourth-order valence-corrected chi connectivity index (χ4v) is 4.00. The SMILES string of the molecule is C/C=C\N=C(C)C(C)CCN(C)C1CC2(CCN(C(=O)OCC)C2)C1.CC. The molecule has 1 aliphatic carbocycles. The molecule has 1 unspecified atom stereocenters. The maximum atomic E-state index is 11.9. The Morgan fingerprint density at radius 3 is 2.67 bits per heavy atom. The highest BCUT2D eigenvalue weighted by atomic mass is 16.6. The molecule has 1 heterocycles. The average molecular weight is 380 g/mol. The van der Waals surface area contributed by atoms with Crippen molar-refractivity contribution >= 4 is 11.8 Å². The van der Waals surface area contributed by atoms with E-state index in [0.717, 1.165) is 32.5 Å². The van der Waals surface area contributed by atoms with Crippen molar-refractivity contribution in [2.45, 2.75) is 73.3 Å². The van der Waals surface area contributed by atoms with E-state index in [4.69, 9.17) is 4.74 Å². The molecule has 1 aliphatic heterocycles. The van der Waals surface area contributed by atoms with E-state index in [1.54, 1.807) is 0 Å². The summed E-state index contributed by atoms with van der Waals surface area (Å²) >= 11 is 0. The molecule has 0 aromatic heterocycles. The van der Waals surface area contributed by atoms with Crippen LogP contribution in [0.5, 0.6) is 0 Å². The topological polar surface area (TPSA) is 45.1 Å². The van der Waals surface area contributed by atoms with Crippen LogP contribution in [0.3, 0.4) is 0 Å². The number of likely N-dealkylation sites (tertiary alicyclic amines) is 1. The first-order valence-corrected chi connectivity index (χ1v) is 10.7. The van der Waals surface area contributed by atoms with Gasteiger partial charge in [-0.25, -0.2) is 4.79 Å². The van der Waals surface area contributed by atoms with Crippen molar-refractivity contribution in [3.63, 3.8) is 0 Å². The van der Waals surface area contributed by atoms with Gasteiger partial charge in [-0.3, -0.25) is 4.99 Å².